The predicted octanol–water partition coefficient (Wildman–Crippen LogP) is 1.98. The molecule has 0 radical (unpaired) electrons. The molecule has 0 amide bonds. The van der Waals surface area contributed by atoms with Crippen molar-refractivity contribution < 1.29 is 4.74 Å². The molecule has 0 aromatic carbocycles. The number of aromatic nitrogens is 1. The zero-order valence-corrected chi connectivity index (χ0v) is 12.1. The van der Waals surface area contributed by atoms with E-state index >= 15 is 0 Å². The van der Waals surface area contributed by atoms with Crippen LogP contribution < -0.4 is 10.2 Å². The number of anilines is 1. The molecule has 1 aliphatic rings. The SMILES string of the molecule is COCCNCC1CCCCN1c1ncccc1C. The summed E-state index contributed by atoms with van der Waals surface area (Å²) >= 11 is 0. The summed E-state index contributed by atoms with van der Waals surface area (Å²) in [6.07, 6.45) is 5.73. The van der Waals surface area contributed by atoms with Crippen LogP contribution in [0, 0.1) is 6.92 Å². The van der Waals surface area contributed by atoms with Gasteiger partial charge in [0.25, 0.3) is 0 Å². The molecular formula is C15H25N3O. The Morgan fingerprint density at radius 3 is 3.16 bits per heavy atom. The molecule has 2 rings (SSSR count). The van der Waals surface area contributed by atoms with Gasteiger partial charge in [0.05, 0.1) is 6.61 Å². The summed E-state index contributed by atoms with van der Waals surface area (Å²) in [7, 11) is 1.74. The van der Waals surface area contributed by atoms with Crippen molar-refractivity contribution in [1.29, 1.82) is 0 Å². The molecule has 0 saturated carbocycles. The fourth-order valence-corrected chi connectivity index (χ4v) is 2.71. The summed E-state index contributed by atoms with van der Waals surface area (Å²) in [6.45, 7) is 5.97. The first-order chi connectivity index (χ1) is 9.33. The molecule has 1 atom stereocenters. The molecule has 1 aliphatic heterocycles. The van der Waals surface area contributed by atoms with E-state index < -0.39 is 0 Å². The monoisotopic (exact) mass is 263 g/mol. The fraction of sp³-hybridized carbons (Fsp3) is 0.667. The van der Waals surface area contributed by atoms with Gasteiger partial charge in [-0.1, -0.05) is 6.07 Å². The van der Waals surface area contributed by atoms with Gasteiger partial charge in [-0.15, -0.1) is 0 Å². The van der Waals surface area contributed by atoms with Gasteiger partial charge in [0.2, 0.25) is 0 Å². The van der Waals surface area contributed by atoms with E-state index in [0.29, 0.717) is 6.04 Å². The van der Waals surface area contributed by atoms with E-state index in [9.17, 15) is 0 Å². The summed E-state index contributed by atoms with van der Waals surface area (Å²) in [4.78, 5) is 7.04. The lowest BCUT2D eigenvalue weighted by Crippen LogP contribution is -2.46. The fourth-order valence-electron chi connectivity index (χ4n) is 2.71. The normalized spacial score (nSPS) is 19.7. The smallest absolute Gasteiger partial charge is 0.131 e. The van der Waals surface area contributed by atoms with Gasteiger partial charge >= 0.3 is 0 Å². The largest absolute Gasteiger partial charge is 0.383 e. The van der Waals surface area contributed by atoms with E-state index in [1.165, 1.54) is 24.8 Å². The van der Waals surface area contributed by atoms with Crippen molar-refractivity contribution in [3.8, 4) is 0 Å². The molecule has 1 aromatic rings. The molecule has 4 heteroatoms. The molecule has 1 fully saturated rings. The second-order valence-corrected chi connectivity index (χ2v) is 5.18. The highest BCUT2D eigenvalue weighted by atomic mass is 16.5. The predicted molar refractivity (Wildman–Crippen MR) is 78.7 cm³/mol. The van der Waals surface area contributed by atoms with Crippen LogP contribution in [0.4, 0.5) is 5.82 Å². The molecule has 0 aliphatic carbocycles. The van der Waals surface area contributed by atoms with Crippen LogP contribution in [0.5, 0.6) is 0 Å². The van der Waals surface area contributed by atoms with Crippen LogP contribution in [0.15, 0.2) is 18.3 Å². The lowest BCUT2D eigenvalue weighted by Gasteiger charge is -2.37. The van der Waals surface area contributed by atoms with Gasteiger partial charge in [0.1, 0.15) is 5.82 Å². The Hall–Kier alpha value is -1.13. The third-order valence-corrected chi connectivity index (χ3v) is 3.74. The Morgan fingerprint density at radius 1 is 1.47 bits per heavy atom. The van der Waals surface area contributed by atoms with Gasteiger partial charge < -0.3 is 15.0 Å². The number of pyridine rings is 1. The Morgan fingerprint density at radius 2 is 2.37 bits per heavy atom. The maximum absolute atomic E-state index is 5.07. The molecule has 0 bridgehead atoms. The minimum Gasteiger partial charge on any atom is -0.383 e. The molecule has 0 spiro atoms. The first-order valence-electron chi connectivity index (χ1n) is 7.21. The highest BCUT2D eigenvalue weighted by Crippen LogP contribution is 2.25. The van der Waals surface area contributed by atoms with Crippen molar-refractivity contribution in [3.63, 3.8) is 0 Å². The maximum Gasteiger partial charge on any atom is 0.131 e. The third kappa shape index (κ3) is 3.91. The van der Waals surface area contributed by atoms with Gasteiger partial charge in [-0.3, -0.25) is 0 Å². The number of hydrogen-bond acceptors (Lipinski definition) is 4. The van der Waals surface area contributed by atoms with E-state index in [4.69, 9.17) is 4.74 Å². The standard InChI is InChI=1S/C15H25N3O/c1-13-6-5-8-17-15(13)18-10-4-3-7-14(18)12-16-9-11-19-2/h5-6,8,14,16H,3-4,7,9-12H2,1-2H3. The second-order valence-electron chi connectivity index (χ2n) is 5.18. The van der Waals surface area contributed by atoms with E-state index in [0.717, 1.165) is 32.1 Å². The summed E-state index contributed by atoms with van der Waals surface area (Å²) in [6, 6.07) is 4.71. The molecule has 19 heavy (non-hydrogen) atoms. The van der Waals surface area contributed by atoms with Crippen LogP contribution in [-0.4, -0.2) is 44.4 Å². The van der Waals surface area contributed by atoms with Crippen LogP contribution in [-0.2, 0) is 4.74 Å². The summed E-state index contributed by atoms with van der Waals surface area (Å²) in [5.41, 5.74) is 1.27. The number of ether oxygens (including phenoxy) is 1. The minimum absolute atomic E-state index is 0.555. The molecule has 1 aromatic heterocycles. The molecule has 2 heterocycles. The van der Waals surface area contributed by atoms with E-state index in [1.807, 2.05) is 12.3 Å². The third-order valence-electron chi connectivity index (χ3n) is 3.74. The summed E-state index contributed by atoms with van der Waals surface area (Å²) < 4.78 is 5.07. The van der Waals surface area contributed by atoms with Crippen molar-refractivity contribution in [2.75, 3.05) is 38.3 Å². The Kier molecular flexibility index (Phi) is 5.61. The van der Waals surface area contributed by atoms with Gasteiger partial charge in [-0.25, -0.2) is 4.98 Å². The second kappa shape index (κ2) is 7.46. The molecule has 106 valence electrons. The van der Waals surface area contributed by atoms with Gasteiger partial charge in [-0.2, -0.15) is 0 Å². The highest BCUT2D eigenvalue weighted by molar-refractivity contribution is 5.47. The number of nitrogens with one attached hydrogen (secondary N) is 1. The molecule has 1 saturated heterocycles. The summed E-state index contributed by atoms with van der Waals surface area (Å²) in [5, 5.41) is 3.48. The average Bonchev–Trinajstić information content (AvgIpc) is 2.45. The lowest BCUT2D eigenvalue weighted by atomic mass is 10.0. The van der Waals surface area contributed by atoms with Gasteiger partial charge in [0, 0.05) is 39.0 Å². The zero-order valence-electron chi connectivity index (χ0n) is 12.1. The number of methoxy groups -OCH3 is 1. The van der Waals surface area contributed by atoms with Crippen LogP contribution in [0.1, 0.15) is 24.8 Å². The van der Waals surface area contributed by atoms with Crippen LogP contribution in [0.2, 0.25) is 0 Å². The first kappa shape index (κ1) is 14.3. The van der Waals surface area contributed by atoms with E-state index in [1.54, 1.807) is 7.11 Å². The van der Waals surface area contributed by atoms with E-state index in [2.05, 4.69) is 28.2 Å². The Balaban J connectivity index is 1.98. The number of hydrogen-bond donors (Lipinski definition) is 1. The Labute approximate surface area is 116 Å². The van der Waals surface area contributed by atoms with Crippen LogP contribution in [0.25, 0.3) is 0 Å². The minimum atomic E-state index is 0.555. The lowest BCUT2D eigenvalue weighted by molar-refractivity contribution is 0.198. The summed E-state index contributed by atoms with van der Waals surface area (Å²) in [5.74, 6) is 1.15. The molecule has 4 nitrogen and oxygen atoms in total. The number of aryl methyl sites for hydroxylation is 1. The molecule has 1 unspecified atom stereocenters. The van der Waals surface area contributed by atoms with E-state index in [-0.39, 0.29) is 0 Å². The topological polar surface area (TPSA) is 37.4 Å². The number of rotatable bonds is 6. The number of piperidine rings is 1. The van der Waals surface area contributed by atoms with Crippen molar-refractivity contribution in [1.82, 2.24) is 10.3 Å². The zero-order chi connectivity index (χ0) is 13.5. The average molecular weight is 263 g/mol. The molecule has 1 N–H and O–H groups in total. The first-order valence-corrected chi connectivity index (χ1v) is 7.21. The molecular weight excluding hydrogens is 238 g/mol. The van der Waals surface area contributed by atoms with Gasteiger partial charge in [0.15, 0.2) is 0 Å². The van der Waals surface area contributed by atoms with Crippen molar-refractivity contribution in [3.05, 3.63) is 23.9 Å². The quantitative estimate of drug-likeness (QED) is 0.796. The highest BCUT2D eigenvalue weighted by Gasteiger charge is 2.23. The van der Waals surface area contributed by atoms with Gasteiger partial charge in [-0.05, 0) is 37.8 Å². The van der Waals surface area contributed by atoms with Crippen LogP contribution >= 0.6 is 0 Å². The maximum atomic E-state index is 5.07. The van der Waals surface area contributed by atoms with Crippen molar-refractivity contribution in [2.45, 2.75) is 32.2 Å². The van der Waals surface area contributed by atoms with Crippen LogP contribution in [0.3, 0.4) is 0 Å². The number of nitrogens with zero attached hydrogens (tertiary/aromatic N) is 2. The van der Waals surface area contributed by atoms with Crippen molar-refractivity contribution >= 4 is 5.82 Å². The Bertz CT molecular complexity index is 383. The van der Waals surface area contributed by atoms with Crippen molar-refractivity contribution in [2.24, 2.45) is 0 Å².